The van der Waals surface area contributed by atoms with Gasteiger partial charge in [0, 0.05) is 32.6 Å². The molecule has 3 aromatic rings. The number of carbonyl (C=O) groups excluding carboxylic acids is 1. The smallest absolute Gasteiger partial charge is 0.245 e. The van der Waals surface area contributed by atoms with Crippen molar-refractivity contribution in [2.24, 2.45) is 5.92 Å². The number of anilines is 1. The number of carbonyl (C=O) groups is 1. The summed E-state index contributed by atoms with van der Waals surface area (Å²) in [6.45, 7) is 9.20. The molecule has 28 heavy (non-hydrogen) atoms. The second kappa shape index (κ2) is 7.61. The summed E-state index contributed by atoms with van der Waals surface area (Å²) in [6, 6.07) is 7.79. The molecule has 0 bridgehead atoms. The van der Waals surface area contributed by atoms with Crippen LogP contribution >= 0.6 is 0 Å². The molecule has 0 unspecified atom stereocenters. The summed E-state index contributed by atoms with van der Waals surface area (Å²) in [4.78, 5) is 26.4. The van der Waals surface area contributed by atoms with E-state index < -0.39 is 0 Å². The Morgan fingerprint density at radius 1 is 1.14 bits per heavy atom. The van der Waals surface area contributed by atoms with Crippen molar-refractivity contribution < 1.29 is 4.79 Å². The zero-order valence-electron chi connectivity index (χ0n) is 16.7. The molecule has 1 fully saturated rings. The van der Waals surface area contributed by atoms with Crippen LogP contribution in [0.5, 0.6) is 0 Å². The summed E-state index contributed by atoms with van der Waals surface area (Å²) >= 11 is 0. The van der Waals surface area contributed by atoms with Crippen LogP contribution in [0.4, 0.5) is 5.95 Å². The van der Waals surface area contributed by atoms with Crippen molar-refractivity contribution >= 4 is 22.9 Å². The van der Waals surface area contributed by atoms with E-state index in [4.69, 9.17) is 4.98 Å². The Kier molecular flexibility index (Phi) is 5.02. The lowest BCUT2D eigenvalue weighted by molar-refractivity contribution is -0.134. The second-order valence-electron chi connectivity index (χ2n) is 7.78. The molecule has 2 aromatic heterocycles. The highest BCUT2D eigenvalue weighted by Crippen LogP contribution is 2.25. The van der Waals surface area contributed by atoms with Gasteiger partial charge >= 0.3 is 0 Å². The molecule has 0 saturated carbocycles. The molecule has 0 aliphatic carbocycles. The van der Waals surface area contributed by atoms with E-state index in [1.807, 2.05) is 30.0 Å². The third-order valence-corrected chi connectivity index (χ3v) is 5.30. The van der Waals surface area contributed by atoms with Gasteiger partial charge in [0.2, 0.25) is 11.9 Å². The summed E-state index contributed by atoms with van der Waals surface area (Å²) in [5.74, 6) is 2.37. The summed E-state index contributed by atoms with van der Waals surface area (Å²) in [5.41, 5.74) is 1.98. The number of rotatable bonds is 5. The first-order chi connectivity index (χ1) is 13.5. The van der Waals surface area contributed by atoms with Crippen LogP contribution in [0.3, 0.4) is 0 Å². The van der Waals surface area contributed by atoms with Gasteiger partial charge in [-0.05, 0) is 25.0 Å². The summed E-state index contributed by atoms with van der Waals surface area (Å²) in [7, 11) is 0. The molecule has 4 rings (SSSR count). The van der Waals surface area contributed by atoms with E-state index >= 15 is 0 Å². The van der Waals surface area contributed by atoms with Crippen LogP contribution in [-0.2, 0) is 11.2 Å². The minimum absolute atomic E-state index is 0.144. The molecule has 8 nitrogen and oxygen atoms in total. The highest BCUT2D eigenvalue weighted by Gasteiger charge is 2.29. The Balaban J connectivity index is 1.54. The third kappa shape index (κ3) is 3.46. The Bertz CT molecular complexity index is 939. The minimum Gasteiger partial charge on any atom is -0.338 e. The van der Waals surface area contributed by atoms with Gasteiger partial charge in [-0.25, -0.2) is 10.1 Å². The number of nitrogens with zero attached hydrogens (tertiary/aromatic N) is 6. The number of fused-ring (bicyclic) bond motifs is 1. The summed E-state index contributed by atoms with van der Waals surface area (Å²) < 4.78 is 2.13. The van der Waals surface area contributed by atoms with Gasteiger partial charge < -0.3 is 14.4 Å². The Hall–Kier alpha value is -2.90. The number of para-hydroxylation sites is 2. The zero-order chi connectivity index (χ0) is 19.7. The molecular weight excluding hydrogens is 354 g/mol. The quantitative estimate of drug-likeness (QED) is 0.733. The Labute approximate surface area is 164 Å². The van der Waals surface area contributed by atoms with Crippen LogP contribution in [0.2, 0.25) is 0 Å². The lowest BCUT2D eigenvalue weighted by Crippen LogP contribution is -2.50. The predicted molar refractivity (Wildman–Crippen MR) is 108 cm³/mol. The molecule has 1 aromatic carbocycles. The topological polar surface area (TPSA) is 82.9 Å². The molecule has 1 aliphatic rings. The van der Waals surface area contributed by atoms with Crippen LogP contribution in [0.1, 0.15) is 32.6 Å². The van der Waals surface area contributed by atoms with Gasteiger partial charge in [-0.2, -0.15) is 10.1 Å². The number of nitrogens with one attached hydrogen (secondary N) is 1. The second-order valence-corrected chi connectivity index (χ2v) is 7.78. The lowest BCUT2D eigenvalue weighted by Gasteiger charge is -2.36. The van der Waals surface area contributed by atoms with E-state index in [-0.39, 0.29) is 11.9 Å². The molecule has 0 spiro atoms. The van der Waals surface area contributed by atoms with Crippen molar-refractivity contribution in [1.29, 1.82) is 0 Å². The van der Waals surface area contributed by atoms with Crippen LogP contribution in [0.15, 0.2) is 30.6 Å². The molecule has 1 amide bonds. The number of aromatic nitrogens is 5. The number of amides is 1. The van der Waals surface area contributed by atoms with E-state index in [1.54, 1.807) is 0 Å². The maximum atomic E-state index is 13.3. The van der Waals surface area contributed by atoms with Gasteiger partial charge in [-0.15, -0.1) is 0 Å². The fourth-order valence-corrected chi connectivity index (χ4v) is 3.90. The van der Waals surface area contributed by atoms with Crippen LogP contribution in [0.25, 0.3) is 11.0 Å². The number of aromatic amines is 1. The fraction of sp³-hybridized carbons (Fsp3) is 0.500. The number of benzene rings is 1. The number of hydrogen-bond donors (Lipinski definition) is 1. The monoisotopic (exact) mass is 381 g/mol. The molecule has 1 atom stereocenters. The largest absolute Gasteiger partial charge is 0.338 e. The highest BCUT2D eigenvalue weighted by molar-refractivity contribution is 5.84. The lowest BCUT2D eigenvalue weighted by atomic mass is 10.1. The first-order valence-corrected chi connectivity index (χ1v) is 9.89. The maximum Gasteiger partial charge on any atom is 0.245 e. The van der Waals surface area contributed by atoms with E-state index in [0.29, 0.717) is 19.0 Å². The fourth-order valence-electron chi connectivity index (χ4n) is 3.90. The highest BCUT2D eigenvalue weighted by atomic mass is 16.2. The molecule has 148 valence electrons. The molecular formula is C20H27N7O. The number of piperazine rings is 1. The molecule has 8 heteroatoms. The summed E-state index contributed by atoms with van der Waals surface area (Å²) in [5, 5.41) is 6.80. The van der Waals surface area contributed by atoms with Crippen molar-refractivity contribution in [2.45, 2.75) is 33.2 Å². The van der Waals surface area contributed by atoms with Crippen molar-refractivity contribution in [3.8, 4) is 0 Å². The van der Waals surface area contributed by atoms with Gasteiger partial charge in [0.05, 0.1) is 11.0 Å². The normalized spacial score (nSPS) is 16.1. The first-order valence-electron chi connectivity index (χ1n) is 9.89. The molecule has 1 N–H and O–H groups in total. The first kappa shape index (κ1) is 18.5. The predicted octanol–water partition coefficient (Wildman–Crippen LogP) is 2.26. The van der Waals surface area contributed by atoms with E-state index in [1.165, 1.54) is 6.33 Å². The van der Waals surface area contributed by atoms with Crippen LogP contribution < -0.4 is 4.90 Å². The molecule has 1 aliphatic heterocycles. The molecule has 0 radical (unpaired) electrons. The van der Waals surface area contributed by atoms with Gasteiger partial charge in [-0.1, -0.05) is 26.0 Å². The van der Waals surface area contributed by atoms with Gasteiger partial charge in [0.15, 0.2) is 0 Å². The average Bonchev–Trinajstić information content (AvgIpc) is 3.34. The van der Waals surface area contributed by atoms with Gasteiger partial charge in [-0.3, -0.25) is 4.79 Å². The molecule has 3 heterocycles. The Morgan fingerprint density at radius 2 is 1.89 bits per heavy atom. The Morgan fingerprint density at radius 3 is 2.57 bits per heavy atom. The summed E-state index contributed by atoms with van der Waals surface area (Å²) in [6.07, 6.45) is 2.36. The van der Waals surface area contributed by atoms with Crippen molar-refractivity contribution in [1.82, 2.24) is 29.6 Å². The average molecular weight is 381 g/mol. The molecule has 1 saturated heterocycles. The number of H-pyrrole nitrogens is 1. The number of imidazole rings is 1. The van der Waals surface area contributed by atoms with Crippen molar-refractivity contribution in [3.63, 3.8) is 0 Å². The maximum absolute atomic E-state index is 13.3. The van der Waals surface area contributed by atoms with E-state index in [2.05, 4.69) is 44.6 Å². The van der Waals surface area contributed by atoms with Crippen molar-refractivity contribution in [3.05, 3.63) is 36.4 Å². The van der Waals surface area contributed by atoms with E-state index in [9.17, 15) is 4.79 Å². The van der Waals surface area contributed by atoms with Crippen molar-refractivity contribution in [2.75, 3.05) is 31.1 Å². The standard InChI is InChI=1S/C20H27N7O/c1-14(2)12-18-23-16-6-4-5-7-17(16)27(18)15(3)19(28)25-8-10-26(11-9-25)20-21-13-22-24-20/h4-7,13-15H,8-12H2,1-3H3,(H,21,22,24)/t15-/m1/s1. The minimum atomic E-state index is -0.280. The van der Waals surface area contributed by atoms with Gasteiger partial charge in [0.1, 0.15) is 18.2 Å². The number of hydrogen-bond acceptors (Lipinski definition) is 5. The van der Waals surface area contributed by atoms with Crippen LogP contribution in [-0.4, -0.2) is 61.7 Å². The zero-order valence-corrected chi connectivity index (χ0v) is 16.7. The SMILES string of the molecule is CC(C)Cc1nc2ccccc2n1[C@H](C)C(=O)N1CCN(c2ncn[nH]2)CC1. The van der Waals surface area contributed by atoms with Gasteiger partial charge in [0.25, 0.3) is 0 Å². The third-order valence-electron chi connectivity index (χ3n) is 5.30. The van der Waals surface area contributed by atoms with Crippen LogP contribution in [0, 0.1) is 5.92 Å². The van der Waals surface area contributed by atoms with E-state index in [0.717, 1.165) is 42.3 Å².